The van der Waals surface area contributed by atoms with Gasteiger partial charge in [0.25, 0.3) is 5.91 Å². The average molecular weight is 442 g/mol. The molecule has 0 aliphatic rings. The molecule has 0 aliphatic carbocycles. The molecule has 1 N–H and O–H groups in total. The molecule has 1 heterocycles. The molecule has 3 aromatic carbocycles. The van der Waals surface area contributed by atoms with Crippen molar-refractivity contribution in [3.05, 3.63) is 83.4 Å². The van der Waals surface area contributed by atoms with E-state index < -0.39 is 0 Å². The Morgan fingerprint density at radius 3 is 2.25 bits per heavy atom. The molecule has 0 aliphatic heterocycles. The third-order valence-corrected chi connectivity index (χ3v) is 5.60. The highest BCUT2D eigenvalue weighted by atomic mass is 32.1. The Hall–Kier alpha value is -4.15. The van der Waals surface area contributed by atoms with E-state index in [0.29, 0.717) is 33.3 Å². The lowest BCUT2D eigenvalue weighted by atomic mass is 10.0. The van der Waals surface area contributed by atoms with Crippen molar-refractivity contribution in [2.24, 2.45) is 0 Å². The number of aromatic nitrogens is 1. The Kier molecular flexibility index (Phi) is 6.15. The number of amides is 1. The molecule has 6 nitrogen and oxygen atoms in total. The molecule has 0 fully saturated rings. The number of terminal acetylenes is 1. The van der Waals surface area contributed by atoms with Gasteiger partial charge in [-0.15, -0.1) is 6.42 Å². The highest BCUT2D eigenvalue weighted by molar-refractivity contribution is 7.22. The fraction of sp³-hybridized carbons (Fsp3) is 0.0800. The smallest absolute Gasteiger partial charge is 0.257 e. The number of carbonyl (C=O) groups excluding carboxylic acids is 2. The number of thiazole rings is 1. The molecule has 4 aromatic rings. The Morgan fingerprint density at radius 2 is 1.59 bits per heavy atom. The van der Waals surface area contributed by atoms with Gasteiger partial charge in [0.2, 0.25) is 0 Å². The van der Waals surface area contributed by atoms with E-state index in [1.165, 1.54) is 11.3 Å². The maximum Gasteiger partial charge on any atom is 0.257 e. The van der Waals surface area contributed by atoms with Gasteiger partial charge in [0.1, 0.15) is 18.1 Å². The zero-order chi connectivity index (χ0) is 22.5. The topological polar surface area (TPSA) is 77.5 Å². The summed E-state index contributed by atoms with van der Waals surface area (Å²) in [4.78, 5) is 29.7. The standard InChI is InChI=1S/C25H18N2O4S/c1-3-14-31-20-12-13-21-22(15-20)32-25(26-21)27-24(29)18-6-4-16(5-7-18)23(28)17-8-10-19(30-2)11-9-17/h1,4-13,15H,14H2,2H3,(H,26,27,29). The first-order valence-electron chi connectivity index (χ1n) is 9.64. The zero-order valence-electron chi connectivity index (χ0n) is 17.1. The van der Waals surface area contributed by atoms with Crippen molar-refractivity contribution in [2.45, 2.75) is 0 Å². The van der Waals surface area contributed by atoms with E-state index in [9.17, 15) is 9.59 Å². The number of ether oxygens (including phenoxy) is 2. The van der Waals surface area contributed by atoms with Gasteiger partial charge in [-0.2, -0.15) is 0 Å². The summed E-state index contributed by atoms with van der Waals surface area (Å²) in [6, 6.07) is 18.8. The van der Waals surface area contributed by atoms with Crippen molar-refractivity contribution in [1.82, 2.24) is 4.98 Å². The predicted molar refractivity (Wildman–Crippen MR) is 125 cm³/mol. The first kappa shape index (κ1) is 21.1. The fourth-order valence-electron chi connectivity index (χ4n) is 3.02. The van der Waals surface area contributed by atoms with Crippen LogP contribution in [0.1, 0.15) is 26.3 Å². The third kappa shape index (κ3) is 4.61. The second kappa shape index (κ2) is 9.33. The summed E-state index contributed by atoms with van der Waals surface area (Å²) in [5.74, 6) is 3.31. The summed E-state index contributed by atoms with van der Waals surface area (Å²) in [6.45, 7) is 0.185. The Morgan fingerprint density at radius 1 is 0.969 bits per heavy atom. The number of fused-ring (bicyclic) bond motifs is 1. The van der Waals surface area contributed by atoms with E-state index in [0.717, 1.165) is 10.2 Å². The molecule has 4 rings (SSSR count). The highest BCUT2D eigenvalue weighted by Gasteiger charge is 2.13. The van der Waals surface area contributed by atoms with Crippen molar-refractivity contribution in [1.29, 1.82) is 0 Å². The minimum Gasteiger partial charge on any atom is -0.497 e. The van der Waals surface area contributed by atoms with E-state index in [-0.39, 0.29) is 18.3 Å². The molecule has 0 radical (unpaired) electrons. The Labute approximate surface area is 188 Å². The molecule has 0 atom stereocenters. The fourth-order valence-corrected chi connectivity index (χ4v) is 3.91. The van der Waals surface area contributed by atoms with Gasteiger partial charge in [-0.1, -0.05) is 29.4 Å². The van der Waals surface area contributed by atoms with Gasteiger partial charge in [-0.25, -0.2) is 4.98 Å². The Bertz CT molecular complexity index is 1320. The van der Waals surface area contributed by atoms with Gasteiger partial charge in [0.15, 0.2) is 10.9 Å². The van der Waals surface area contributed by atoms with Gasteiger partial charge in [0.05, 0.1) is 17.3 Å². The number of hydrogen-bond acceptors (Lipinski definition) is 6. The summed E-state index contributed by atoms with van der Waals surface area (Å²) in [5, 5.41) is 3.27. The third-order valence-electron chi connectivity index (χ3n) is 4.66. The van der Waals surface area contributed by atoms with Crippen molar-refractivity contribution in [3.63, 3.8) is 0 Å². The van der Waals surface area contributed by atoms with E-state index in [1.54, 1.807) is 61.7 Å². The predicted octanol–water partition coefficient (Wildman–Crippen LogP) is 4.80. The van der Waals surface area contributed by atoms with Crippen LogP contribution in [0.3, 0.4) is 0 Å². The minimum atomic E-state index is -0.309. The number of benzene rings is 3. The number of methoxy groups -OCH3 is 1. The summed E-state index contributed by atoms with van der Waals surface area (Å²) in [6.07, 6.45) is 5.21. The number of hydrogen-bond donors (Lipinski definition) is 1. The van der Waals surface area contributed by atoms with Crippen LogP contribution in [-0.4, -0.2) is 30.4 Å². The van der Waals surface area contributed by atoms with Gasteiger partial charge in [-0.3, -0.25) is 14.9 Å². The molecule has 32 heavy (non-hydrogen) atoms. The van der Waals surface area contributed by atoms with Crippen molar-refractivity contribution < 1.29 is 19.1 Å². The molecule has 0 saturated carbocycles. The summed E-state index contributed by atoms with van der Waals surface area (Å²) in [5.41, 5.74) is 2.21. The van der Waals surface area contributed by atoms with Crippen molar-refractivity contribution in [3.8, 4) is 23.8 Å². The van der Waals surface area contributed by atoms with Gasteiger partial charge in [0, 0.05) is 16.7 Å². The molecule has 0 unspecified atom stereocenters. The van der Waals surface area contributed by atoms with E-state index in [2.05, 4.69) is 16.2 Å². The van der Waals surface area contributed by atoms with Gasteiger partial charge in [-0.05, 0) is 54.6 Å². The molecule has 0 spiro atoms. The summed E-state index contributed by atoms with van der Waals surface area (Å²) in [7, 11) is 1.57. The second-order valence-corrected chi connectivity index (χ2v) is 7.76. The largest absolute Gasteiger partial charge is 0.497 e. The SMILES string of the molecule is C#CCOc1ccc2nc(NC(=O)c3ccc(C(=O)c4ccc(OC)cc4)cc3)sc2c1. The number of nitrogens with one attached hydrogen (secondary N) is 1. The number of anilines is 1. The monoisotopic (exact) mass is 442 g/mol. The van der Waals surface area contributed by atoms with Crippen LogP contribution in [0.25, 0.3) is 10.2 Å². The van der Waals surface area contributed by atoms with Crippen LogP contribution in [0.5, 0.6) is 11.5 Å². The molecule has 158 valence electrons. The number of nitrogens with zero attached hydrogens (tertiary/aromatic N) is 1. The second-order valence-electron chi connectivity index (χ2n) is 6.73. The molecule has 0 bridgehead atoms. The van der Waals surface area contributed by atoms with E-state index in [1.807, 2.05) is 12.1 Å². The molecular weight excluding hydrogens is 424 g/mol. The quantitative estimate of drug-likeness (QED) is 0.329. The minimum absolute atomic E-state index is 0.131. The van der Waals surface area contributed by atoms with Crippen molar-refractivity contribution in [2.75, 3.05) is 19.0 Å². The van der Waals surface area contributed by atoms with Crippen LogP contribution in [0.4, 0.5) is 5.13 Å². The number of ketones is 1. The highest BCUT2D eigenvalue weighted by Crippen LogP contribution is 2.29. The van der Waals surface area contributed by atoms with Gasteiger partial charge < -0.3 is 9.47 Å². The molecular formula is C25H18N2O4S. The lowest BCUT2D eigenvalue weighted by molar-refractivity contribution is 0.102. The Balaban J connectivity index is 1.45. The lowest BCUT2D eigenvalue weighted by Gasteiger charge is -2.05. The first-order chi connectivity index (χ1) is 15.6. The zero-order valence-corrected chi connectivity index (χ0v) is 17.9. The van der Waals surface area contributed by atoms with Crippen LogP contribution in [-0.2, 0) is 0 Å². The molecule has 0 saturated heterocycles. The molecule has 1 aromatic heterocycles. The lowest BCUT2D eigenvalue weighted by Crippen LogP contribution is -2.12. The van der Waals surface area contributed by atoms with Crippen LogP contribution >= 0.6 is 11.3 Å². The van der Waals surface area contributed by atoms with Gasteiger partial charge >= 0.3 is 0 Å². The van der Waals surface area contributed by atoms with Crippen LogP contribution in [0.2, 0.25) is 0 Å². The van der Waals surface area contributed by atoms with E-state index >= 15 is 0 Å². The summed E-state index contributed by atoms with van der Waals surface area (Å²) >= 11 is 1.34. The molecule has 7 heteroatoms. The van der Waals surface area contributed by atoms with E-state index in [4.69, 9.17) is 15.9 Å². The normalized spacial score (nSPS) is 10.4. The van der Waals surface area contributed by atoms with Crippen LogP contribution < -0.4 is 14.8 Å². The maximum absolute atomic E-state index is 12.6. The van der Waals surface area contributed by atoms with Crippen molar-refractivity contribution >= 4 is 38.4 Å². The number of carbonyl (C=O) groups is 2. The number of rotatable bonds is 7. The molecule has 1 amide bonds. The van der Waals surface area contributed by atoms with Crippen LogP contribution in [0, 0.1) is 12.3 Å². The van der Waals surface area contributed by atoms with Crippen LogP contribution in [0.15, 0.2) is 66.7 Å². The maximum atomic E-state index is 12.6. The first-order valence-corrected chi connectivity index (χ1v) is 10.5. The summed E-state index contributed by atoms with van der Waals surface area (Å²) < 4.78 is 11.4. The average Bonchev–Trinajstić information content (AvgIpc) is 3.23.